The number of esters is 1. The number of rotatable bonds is 16. The van der Waals surface area contributed by atoms with E-state index in [9.17, 15) is 4.79 Å². The monoisotopic (exact) mass is 460 g/mol. The molecule has 2 nitrogen and oxygen atoms in total. The van der Waals surface area contributed by atoms with Crippen LogP contribution in [0.2, 0.25) is 0 Å². The summed E-state index contributed by atoms with van der Waals surface area (Å²) in [5, 5.41) is 0. The molecule has 2 heteroatoms. The highest BCUT2D eigenvalue weighted by atomic mass is 16.5. The zero-order chi connectivity index (χ0) is 26.4. The molecule has 1 unspecified atom stereocenters. The maximum Gasteiger partial charge on any atom is 0.333 e. The fourth-order valence-electron chi connectivity index (χ4n) is 2.68. The summed E-state index contributed by atoms with van der Waals surface area (Å²) >= 11 is 0. The smallest absolute Gasteiger partial charge is 0.333 e. The van der Waals surface area contributed by atoms with Crippen molar-refractivity contribution in [2.24, 2.45) is 11.8 Å². The van der Waals surface area contributed by atoms with E-state index in [1.165, 1.54) is 6.42 Å². The molecule has 0 heterocycles. The minimum atomic E-state index is -0.463. The van der Waals surface area contributed by atoms with Gasteiger partial charge in [-0.2, -0.15) is 0 Å². The molecule has 0 amide bonds. The SMILES string of the molecule is C=C(/C=C\C(=C)C(=C)/C(=C\C(=C)C(=C)/C=C\C(=C)C(C)CCC(C)C)COC(=O)C(=C)C)CC. The Labute approximate surface area is 208 Å². The van der Waals surface area contributed by atoms with E-state index in [4.69, 9.17) is 4.74 Å². The molecule has 0 aromatic rings. The van der Waals surface area contributed by atoms with E-state index in [2.05, 4.69) is 66.8 Å². The predicted octanol–water partition coefficient (Wildman–Crippen LogP) is 8.96. The first-order chi connectivity index (χ1) is 15.8. The molecule has 1 atom stereocenters. The molecule has 34 heavy (non-hydrogen) atoms. The van der Waals surface area contributed by atoms with Gasteiger partial charge in [-0.15, -0.1) is 0 Å². The van der Waals surface area contributed by atoms with E-state index in [1.807, 2.05) is 37.3 Å². The van der Waals surface area contributed by atoms with Gasteiger partial charge in [-0.1, -0.05) is 116 Å². The molecule has 0 saturated heterocycles. The van der Waals surface area contributed by atoms with E-state index < -0.39 is 5.97 Å². The van der Waals surface area contributed by atoms with Gasteiger partial charge in [-0.25, -0.2) is 4.79 Å². The van der Waals surface area contributed by atoms with Crippen molar-refractivity contribution in [2.45, 2.75) is 53.9 Å². The molecule has 0 saturated carbocycles. The highest BCUT2D eigenvalue weighted by Crippen LogP contribution is 2.24. The largest absolute Gasteiger partial charge is 0.457 e. The molecule has 0 N–H and O–H groups in total. The van der Waals surface area contributed by atoms with Crippen molar-refractivity contribution in [3.8, 4) is 0 Å². The van der Waals surface area contributed by atoms with E-state index in [1.54, 1.807) is 6.92 Å². The van der Waals surface area contributed by atoms with Crippen molar-refractivity contribution in [2.75, 3.05) is 6.61 Å². The Morgan fingerprint density at radius 2 is 1.41 bits per heavy atom. The predicted molar refractivity (Wildman–Crippen MR) is 151 cm³/mol. The number of carbonyl (C=O) groups is 1. The number of hydrogen-bond donors (Lipinski definition) is 0. The highest BCUT2D eigenvalue weighted by Gasteiger charge is 2.11. The molecule has 0 aromatic carbocycles. The van der Waals surface area contributed by atoms with E-state index in [0.29, 0.717) is 39.7 Å². The van der Waals surface area contributed by atoms with Crippen LogP contribution in [0.4, 0.5) is 0 Å². The molecule has 0 aromatic heterocycles. The van der Waals surface area contributed by atoms with Gasteiger partial charge < -0.3 is 4.74 Å². The van der Waals surface area contributed by atoms with Gasteiger partial charge in [-0.05, 0) is 65.5 Å². The summed E-state index contributed by atoms with van der Waals surface area (Å²) in [6.07, 6.45) is 12.7. The summed E-state index contributed by atoms with van der Waals surface area (Å²) in [7, 11) is 0. The van der Waals surface area contributed by atoms with E-state index in [-0.39, 0.29) is 6.61 Å². The topological polar surface area (TPSA) is 26.3 Å². The van der Waals surface area contributed by atoms with Crippen LogP contribution in [0, 0.1) is 11.8 Å². The van der Waals surface area contributed by atoms with E-state index in [0.717, 1.165) is 29.6 Å². The second-order valence-electron chi connectivity index (χ2n) is 9.21. The standard InChI is InChI=1S/C32H44O2/c1-13-24(6)15-17-28(10)30(12)31(21-34-32(33)23(4)5)20-29(11)27(9)19-18-26(8)25(7)16-14-22(2)3/h15,17-20,22,25H,4,6,8-14,16,21H2,1-3,5,7H3/b17-15-,19-18-,31-20-. The molecule has 0 bridgehead atoms. The zero-order valence-corrected chi connectivity index (χ0v) is 22.1. The molecule has 0 radical (unpaired) electrons. The summed E-state index contributed by atoms with van der Waals surface area (Å²) < 4.78 is 5.39. The molecule has 0 fully saturated rings. The summed E-state index contributed by atoms with van der Waals surface area (Å²) in [5.74, 6) is 0.615. The van der Waals surface area contributed by atoms with Crippen molar-refractivity contribution in [1.82, 2.24) is 0 Å². The van der Waals surface area contributed by atoms with Gasteiger partial charge in [0.25, 0.3) is 0 Å². The van der Waals surface area contributed by atoms with Crippen LogP contribution in [0.25, 0.3) is 0 Å². The Kier molecular flexibility index (Phi) is 14.2. The van der Waals surface area contributed by atoms with E-state index >= 15 is 0 Å². The Balaban J connectivity index is 5.59. The first-order valence-corrected chi connectivity index (χ1v) is 11.8. The van der Waals surface area contributed by atoms with Crippen molar-refractivity contribution < 1.29 is 9.53 Å². The third kappa shape index (κ3) is 12.2. The number of ether oxygens (including phenoxy) is 1. The lowest BCUT2D eigenvalue weighted by molar-refractivity contribution is -0.137. The summed E-state index contributed by atoms with van der Waals surface area (Å²) in [6, 6.07) is 0. The summed E-state index contributed by atoms with van der Waals surface area (Å²) in [6.45, 7) is 38.7. The van der Waals surface area contributed by atoms with Crippen LogP contribution < -0.4 is 0 Å². The highest BCUT2D eigenvalue weighted by molar-refractivity contribution is 5.87. The first kappa shape index (κ1) is 30.9. The van der Waals surface area contributed by atoms with Gasteiger partial charge in [0.1, 0.15) is 6.61 Å². The maximum atomic E-state index is 12.0. The lowest BCUT2D eigenvalue weighted by atomic mass is 9.92. The van der Waals surface area contributed by atoms with Crippen molar-refractivity contribution >= 4 is 5.97 Å². The van der Waals surface area contributed by atoms with Gasteiger partial charge in [0.05, 0.1) is 0 Å². The van der Waals surface area contributed by atoms with Crippen LogP contribution in [0.15, 0.2) is 121 Å². The third-order valence-electron chi connectivity index (χ3n) is 5.53. The second-order valence-corrected chi connectivity index (χ2v) is 9.21. The normalized spacial score (nSPS) is 12.6. The molecule has 0 aliphatic carbocycles. The average molecular weight is 461 g/mol. The Morgan fingerprint density at radius 3 is 1.94 bits per heavy atom. The lowest BCUT2D eigenvalue weighted by Crippen LogP contribution is -2.09. The quantitative estimate of drug-likeness (QED) is 0.130. The van der Waals surface area contributed by atoms with Gasteiger partial charge in [0.15, 0.2) is 0 Å². The molecule has 0 rings (SSSR count). The van der Waals surface area contributed by atoms with Crippen LogP contribution in [0.1, 0.15) is 53.9 Å². The minimum Gasteiger partial charge on any atom is -0.457 e. The second kappa shape index (κ2) is 15.7. The molecular formula is C32H44O2. The average Bonchev–Trinajstić information content (AvgIpc) is 2.80. The maximum absolute atomic E-state index is 12.0. The molecule has 0 spiro atoms. The van der Waals surface area contributed by atoms with Gasteiger partial charge >= 0.3 is 5.97 Å². The minimum absolute atomic E-state index is 0.0288. The number of allylic oxidation sites excluding steroid dienone is 10. The van der Waals surface area contributed by atoms with Crippen molar-refractivity contribution in [1.29, 1.82) is 0 Å². The molecule has 0 aliphatic rings. The van der Waals surface area contributed by atoms with Gasteiger partial charge in [0.2, 0.25) is 0 Å². The summed E-state index contributed by atoms with van der Waals surface area (Å²) in [5.41, 5.74) is 5.86. The third-order valence-corrected chi connectivity index (χ3v) is 5.53. The van der Waals surface area contributed by atoms with Crippen LogP contribution in [0.3, 0.4) is 0 Å². The number of carbonyl (C=O) groups excluding carboxylic acids is 1. The lowest BCUT2D eigenvalue weighted by Gasteiger charge is -2.14. The Morgan fingerprint density at radius 1 is 0.824 bits per heavy atom. The summed E-state index contributed by atoms with van der Waals surface area (Å²) in [4.78, 5) is 12.0. The molecule has 184 valence electrons. The van der Waals surface area contributed by atoms with Crippen LogP contribution in [-0.4, -0.2) is 12.6 Å². The van der Waals surface area contributed by atoms with Gasteiger partial charge in [-0.3, -0.25) is 0 Å². The van der Waals surface area contributed by atoms with Crippen molar-refractivity contribution in [3.63, 3.8) is 0 Å². The van der Waals surface area contributed by atoms with Crippen molar-refractivity contribution in [3.05, 3.63) is 121 Å². The van der Waals surface area contributed by atoms with Gasteiger partial charge in [0, 0.05) is 5.57 Å². The fourth-order valence-corrected chi connectivity index (χ4v) is 2.68. The zero-order valence-electron chi connectivity index (χ0n) is 22.1. The Hall–Kier alpha value is -3.13. The Bertz CT molecular complexity index is 928. The van der Waals surface area contributed by atoms with Crippen LogP contribution >= 0.6 is 0 Å². The molecule has 0 aliphatic heterocycles. The fraction of sp³-hybridized carbons (Fsp3) is 0.344. The molecular weight excluding hydrogens is 416 g/mol. The number of hydrogen-bond acceptors (Lipinski definition) is 2. The van der Waals surface area contributed by atoms with Crippen LogP contribution in [-0.2, 0) is 9.53 Å². The van der Waals surface area contributed by atoms with Crippen LogP contribution in [0.5, 0.6) is 0 Å². The first-order valence-electron chi connectivity index (χ1n) is 11.8.